The van der Waals surface area contributed by atoms with Gasteiger partial charge in [-0.05, 0) is 37.4 Å². The highest BCUT2D eigenvalue weighted by Crippen LogP contribution is 2.40. The van der Waals surface area contributed by atoms with Crippen LogP contribution in [0.4, 0.5) is 5.69 Å². The smallest absolute Gasteiger partial charge is 0.337 e. The maximum atomic E-state index is 13.8. The van der Waals surface area contributed by atoms with Crippen LogP contribution in [-0.4, -0.2) is 59.5 Å². The van der Waals surface area contributed by atoms with Crippen molar-refractivity contribution in [3.63, 3.8) is 0 Å². The van der Waals surface area contributed by atoms with Crippen LogP contribution in [0.5, 0.6) is 0 Å². The topological polar surface area (TPSA) is 144 Å². The van der Waals surface area contributed by atoms with Crippen LogP contribution in [0.3, 0.4) is 0 Å². The first kappa shape index (κ1) is 27.5. The maximum absolute atomic E-state index is 13.8. The number of methoxy groups -OCH3 is 1. The standard InChI is InChI=1S/C28H30N4O7/c1-18-24(27(33)38-2)25(20-10-6-11-21(14-20)32(36)37)26(23(30-18)15-29-35)28(34)39-22-12-7-13-31(17-22)16-19-8-4-3-5-9-19/h3-6,8-11,14-15,22,25,30,35H,7,12-13,16-17H2,1-2H3/b29-15+/t22-,25-/m1/s1. The summed E-state index contributed by atoms with van der Waals surface area (Å²) in [5, 5.41) is 26.9. The van der Waals surface area contributed by atoms with E-state index in [4.69, 9.17) is 9.47 Å². The van der Waals surface area contributed by atoms with Crippen molar-refractivity contribution in [2.45, 2.75) is 38.3 Å². The molecule has 204 valence electrons. The minimum Gasteiger partial charge on any atom is -0.466 e. The SMILES string of the molecule is COC(=O)C1=C(C)NC(/C=N/O)=C(C(=O)O[C@@H]2CCCN(Cc3ccccc3)C2)[C@@H]1c1cccc([N+](=O)[O-])c1. The zero-order valence-electron chi connectivity index (χ0n) is 21.7. The summed E-state index contributed by atoms with van der Waals surface area (Å²) in [5.74, 6) is -2.51. The minimum atomic E-state index is -1.07. The van der Waals surface area contributed by atoms with Crippen molar-refractivity contribution in [1.82, 2.24) is 10.2 Å². The summed E-state index contributed by atoms with van der Waals surface area (Å²) in [6.45, 7) is 3.70. The molecule has 2 aromatic carbocycles. The van der Waals surface area contributed by atoms with Crippen molar-refractivity contribution in [1.29, 1.82) is 0 Å². The maximum Gasteiger partial charge on any atom is 0.337 e. The lowest BCUT2D eigenvalue weighted by molar-refractivity contribution is -0.384. The van der Waals surface area contributed by atoms with Gasteiger partial charge in [0.25, 0.3) is 5.69 Å². The van der Waals surface area contributed by atoms with Gasteiger partial charge in [0, 0.05) is 30.9 Å². The Hall–Kier alpha value is -4.51. The number of nitrogens with zero attached hydrogens (tertiary/aromatic N) is 3. The zero-order chi connectivity index (χ0) is 27.9. The number of piperidine rings is 1. The van der Waals surface area contributed by atoms with Gasteiger partial charge in [-0.15, -0.1) is 0 Å². The van der Waals surface area contributed by atoms with E-state index in [0.29, 0.717) is 30.8 Å². The summed E-state index contributed by atoms with van der Waals surface area (Å²) < 4.78 is 11.0. The first-order valence-corrected chi connectivity index (χ1v) is 12.5. The molecule has 2 aliphatic heterocycles. The molecular formula is C28H30N4O7. The molecule has 2 heterocycles. The first-order valence-electron chi connectivity index (χ1n) is 12.5. The Morgan fingerprint density at radius 1 is 1.18 bits per heavy atom. The predicted molar refractivity (Wildman–Crippen MR) is 142 cm³/mol. The van der Waals surface area contributed by atoms with E-state index in [1.54, 1.807) is 13.0 Å². The van der Waals surface area contributed by atoms with Gasteiger partial charge < -0.3 is 20.0 Å². The number of esters is 2. The number of allylic oxidation sites excluding steroid dienone is 2. The van der Waals surface area contributed by atoms with Crippen LogP contribution in [0.15, 0.2) is 82.3 Å². The van der Waals surface area contributed by atoms with E-state index in [1.165, 1.54) is 25.3 Å². The minimum absolute atomic E-state index is 0.0144. The number of nitro groups is 1. The highest BCUT2D eigenvalue weighted by atomic mass is 16.6. The molecule has 2 atom stereocenters. The summed E-state index contributed by atoms with van der Waals surface area (Å²) >= 11 is 0. The number of dihydropyridines is 1. The number of hydrogen-bond donors (Lipinski definition) is 2. The number of nitro benzene ring substituents is 1. The van der Waals surface area contributed by atoms with Crippen molar-refractivity contribution in [3.05, 3.63) is 98.4 Å². The lowest BCUT2D eigenvalue weighted by atomic mass is 9.80. The van der Waals surface area contributed by atoms with Crippen LogP contribution in [-0.2, 0) is 25.6 Å². The predicted octanol–water partition coefficient (Wildman–Crippen LogP) is 3.65. The zero-order valence-corrected chi connectivity index (χ0v) is 21.7. The third-order valence-electron chi connectivity index (χ3n) is 6.81. The fourth-order valence-corrected chi connectivity index (χ4v) is 5.08. The number of non-ortho nitro benzene ring substituents is 1. The van der Waals surface area contributed by atoms with Crippen LogP contribution in [0.25, 0.3) is 0 Å². The number of carbonyl (C=O) groups is 2. The Balaban J connectivity index is 1.68. The van der Waals surface area contributed by atoms with E-state index in [2.05, 4.69) is 15.4 Å². The molecule has 2 aromatic rings. The van der Waals surface area contributed by atoms with Gasteiger partial charge in [0.2, 0.25) is 0 Å². The average molecular weight is 535 g/mol. The molecule has 0 unspecified atom stereocenters. The highest BCUT2D eigenvalue weighted by Gasteiger charge is 2.40. The van der Waals surface area contributed by atoms with Crippen LogP contribution in [0, 0.1) is 10.1 Å². The second kappa shape index (κ2) is 12.4. The van der Waals surface area contributed by atoms with Gasteiger partial charge in [-0.1, -0.05) is 47.6 Å². The number of rotatable bonds is 8. The number of nitrogens with one attached hydrogen (secondary N) is 1. The van der Waals surface area contributed by atoms with E-state index in [1.807, 2.05) is 30.3 Å². The number of carbonyl (C=O) groups excluding carboxylic acids is 2. The van der Waals surface area contributed by atoms with Crippen molar-refractivity contribution < 1.29 is 29.2 Å². The monoisotopic (exact) mass is 534 g/mol. The molecule has 11 nitrogen and oxygen atoms in total. The molecule has 2 N–H and O–H groups in total. The lowest BCUT2D eigenvalue weighted by Crippen LogP contribution is -2.41. The first-order chi connectivity index (χ1) is 18.8. The van der Waals surface area contributed by atoms with E-state index >= 15 is 0 Å². The Labute approximate surface area is 225 Å². The third-order valence-corrected chi connectivity index (χ3v) is 6.81. The lowest BCUT2D eigenvalue weighted by Gasteiger charge is -2.34. The molecule has 39 heavy (non-hydrogen) atoms. The molecule has 2 aliphatic rings. The highest BCUT2D eigenvalue weighted by molar-refractivity contribution is 6.04. The summed E-state index contributed by atoms with van der Waals surface area (Å²) in [7, 11) is 1.21. The molecule has 0 bridgehead atoms. The second-order valence-electron chi connectivity index (χ2n) is 9.40. The number of benzene rings is 2. The van der Waals surface area contributed by atoms with Crippen LogP contribution in [0.2, 0.25) is 0 Å². The molecule has 4 rings (SSSR count). The second-order valence-corrected chi connectivity index (χ2v) is 9.40. The van der Waals surface area contributed by atoms with Gasteiger partial charge >= 0.3 is 11.9 Å². The Kier molecular flexibility index (Phi) is 8.72. The van der Waals surface area contributed by atoms with Crippen molar-refractivity contribution >= 4 is 23.8 Å². The van der Waals surface area contributed by atoms with Gasteiger partial charge in [0.15, 0.2) is 0 Å². The van der Waals surface area contributed by atoms with Crippen LogP contribution >= 0.6 is 0 Å². The third kappa shape index (κ3) is 6.32. The largest absolute Gasteiger partial charge is 0.466 e. The quantitative estimate of drug-likeness (QED) is 0.170. The van der Waals surface area contributed by atoms with Crippen LogP contribution < -0.4 is 5.32 Å². The van der Waals surface area contributed by atoms with Gasteiger partial charge in [0.1, 0.15) is 6.10 Å². The Bertz CT molecular complexity index is 1340. The molecule has 0 amide bonds. The molecule has 0 saturated carbocycles. The molecule has 0 spiro atoms. The summed E-state index contributed by atoms with van der Waals surface area (Å²) in [6.07, 6.45) is 2.10. The normalized spacial score (nSPS) is 20.1. The molecule has 0 aliphatic carbocycles. The molecular weight excluding hydrogens is 504 g/mol. The number of oxime groups is 1. The summed E-state index contributed by atoms with van der Waals surface area (Å²) in [6, 6.07) is 15.7. The van der Waals surface area contributed by atoms with Gasteiger partial charge in [-0.3, -0.25) is 15.0 Å². The Morgan fingerprint density at radius 2 is 1.95 bits per heavy atom. The number of ether oxygens (including phenoxy) is 2. The fraction of sp³-hybridized carbons (Fsp3) is 0.321. The van der Waals surface area contributed by atoms with Crippen molar-refractivity contribution in [3.8, 4) is 0 Å². The molecule has 1 saturated heterocycles. The summed E-state index contributed by atoms with van der Waals surface area (Å²) in [4.78, 5) is 39.9. The van der Waals surface area contributed by atoms with E-state index in [-0.39, 0.29) is 22.5 Å². The molecule has 1 fully saturated rings. The van der Waals surface area contributed by atoms with Gasteiger partial charge in [-0.2, -0.15) is 0 Å². The van der Waals surface area contributed by atoms with E-state index in [9.17, 15) is 24.9 Å². The molecule has 0 radical (unpaired) electrons. The van der Waals surface area contributed by atoms with Crippen molar-refractivity contribution in [2.24, 2.45) is 5.16 Å². The summed E-state index contributed by atoms with van der Waals surface area (Å²) in [5.41, 5.74) is 1.79. The Morgan fingerprint density at radius 3 is 2.64 bits per heavy atom. The van der Waals surface area contributed by atoms with Crippen LogP contribution in [0.1, 0.15) is 36.8 Å². The molecule has 0 aromatic heterocycles. The average Bonchev–Trinajstić information content (AvgIpc) is 2.93. The number of likely N-dealkylation sites (tertiary alicyclic amines) is 1. The number of hydrogen-bond acceptors (Lipinski definition) is 10. The van der Waals surface area contributed by atoms with Crippen molar-refractivity contribution in [2.75, 3.05) is 20.2 Å². The molecule has 11 heteroatoms. The fourth-order valence-electron chi connectivity index (χ4n) is 5.08. The van der Waals surface area contributed by atoms with Gasteiger partial charge in [0.05, 0.1) is 41.0 Å². The van der Waals surface area contributed by atoms with Gasteiger partial charge in [-0.25, -0.2) is 9.59 Å². The van der Waals surface area contributed by atoms with E-state index in [0.717, 1.165) is 24.7 Å². The van der Waals surface area contributed by atoms with E-state index < -0.39 is 28.9 Å².